The standard InChI is InChI=1S/C15H12N2OS3/c1-18-11-4-2-10(3-5-11)8-12-14(20-21-15(12)19)13-9-16-6-7-17-13/h2-7,9H,8H2,1H3. The number of ether oxygens (including phenoxy) is 1. The number of aromatic nitrogens is 2. The molecule has 0 radical (unpaired) electrons. The molecule has 6 heteroatoms. The third-order valence-corrected chi connectivity index (χ3v) is 6.22. The highest BCUT2D eigenvalue weighted by Crippen LogP contribution is 2.34. The van der Waals surface area contributed by atoms with E-state index in [1.807, 2.05) is 12.1 Å². The third-order valence-electron chi connectivity index (χ3n) is 3.06. The van der Waals surface area contributed by atoms with E-state index in [1.165, 1.54) is 5.56 Å². The lowest BCUT2D eigenvalue weighted by molar-refractivity contribution is 0.414. The zero-order chi connectivity index (χ0) is 14.7. The maximum atomic E-state index is 5.48. The van der Waals surface area contributed by atoms with Gasteiger partial charge in [-0.2, -0.15) is 0 Å². The summed E-state index contributed by atoms with van der Waals surface area (Å²) in [5.41, 5.74) is 3.25. The monoisotopic (exact) mass is 332 g/mol. The maximum Gasteiger partial charge on any atom is 0.118 e. The van der Waals surface area contributed by atoms with Gasteiger partial charge in [0.1, 0.15) is 9.57 Å². The summed E-state index contributed by atoms with van der Waals surface area (Å²) in [4.78, 5) is 9.64. The number of hydrogen-bond donors (Lipinski definition) is 0. The highest BCUT2D eigenvalue weighted by molar-refractivity contribution is 7.80. The van der Waals surface area contributed by atoms with Crippen LogP contribution >= 0.6 is 32.9 Å². The van der Waals surface area contributed by atoms with Crippen molar-refractivity contribution in [3.63, 3.8) is 0 Å². The van der Waals surface area contributed by atoms with Gasteiger partial charge in [-0.15, -0.1) is 0 Å². The van der Waals surface area contributed by atoms with Crippen LogP contribution in [0.25, 0.3) is 10.6 Å². The van der Waals surface area contributed by atoms with Crippen LogP contribution in [0.15, 0.2) is 42.9 Å². The Labute approximate surface area is 135 Å². The lowest BCUT2D eigenvalue weighted by Crippen LogP contribution is -1.91. The highest BCUT2D eigenvalue weighted by atomic mass is 32.9. The molecule has 0 spiro atoms. The Balaban J connectivity index is 1.95. The maximum absolute atomic E-state index is 5.48. The van der Waals surface area contributed by atoms with E-state index < -0.39 is 0 Å². The van der Waals surface area contributed by atoms with Gasteiger partial charge in [-0.25, -0.2) is 0 Å². The number of rotatable bonds is 4. The third kappa shape index (κ3) is 3.18. The van der Waals surface area contributed by atoms with Gasteiger partial charge in [0.2, 0.25) is 0 Å². The molecule has 1 aromatic carbocycles. The Morgan fingerprint density at radius 3 is 2.62 bits per heavy atom. The molecule has 0 aliphatic carbocycles. The van der Waals surface area contributed by atoms with Gasteiger partial charge in [0.15, 0.2) is 0 Å². The molecule has 0 atom stereocenters. The average molecular weight is 332 g/mol. The van der Waals surface area contributed by atoms with Gasteiger partial charge < -0.3 is 4.74 Å². The van der Waals surface area contributed by atoms with Gasteiger partial charge in [0.25, 0.3) is 0 Å². The highest BCUT2D eigenvalue weighted by Gasteiger charge is 2.12. The number of nitrogens with zero attached hydrogens (tertiary/aromatic N) is 2. The summed E-state index contributed by atoms with van der Waals surface area (Å²) in [6, 6.07) is 8.07. The molecule has 3 nitrogen and oxygen atoms in total. The smallest absolute Gasteiger partial charge is 0.118 e. The minimum absolute atomic E-state index is 0.800. The molecule has 0 aliphatic rings. The van der Waals surface area contributed by atoms with E-state index in [1.54, 1.807) is 46.4 Å². The Hall–Kier alpha value is -1.63. The van der Waals surface area contributed by atoms with Crippen LogP contribution in [0.4, 0.5) is 0 Å². The Morgan fingerprint density at radius 1 is 1.14 bits per heavy atom. The number of methoxy groups -OCH3 is 1. The van der Waals surface area contributed by atoms with Crippen LogP contribution in [0, 0.1) is 3.82 Å². The molecule has 0 bridgehead atoms. The Kier molecular flexibility index (Phi) is 4.38. The van der Waals surface area contributed by atoms with Crippen LogP contribution in [-0.4, -0.2) is 17.1 Å². The van der Waals surface area contributed by atoms with Crippen molar-refractivity contribution in [3.8, 4) is 16.3 Å². The molecule has 0 saturated carbocycles. The summed E-state index contributed by atoms with van der Waals surface area (Å²) in [5.74, 6) is 0.861. The van der Waals surface area contributed by atoms with Crippen molar-refractivity contribution < 1.29 is 4.74 Å². The lowest BCUT2D eigenvalue weighted by atomic mass is 10.1. The summed E-state index contributed by atoms with van der Waals surface area (Å²) in [6.07, 6.45) is 5.97. The predicted molar refractivity (Wildman–Crippen MR) is 89.9 cm³/mol. The Morgan fingerprint density at radius 2 is 1.95 bits per heavy atom. The van der Waals surface area contributed by atoms with Crippen LogP contribution in [0.3, 0.4) is 0 Å². The molecule has 0 aliphatic heterocycles. The van der Waals surface area contributed by atoms with Crippen LogP contribution in [-0.2, 0) is 6.42 Å². The molecule has 2 heterocycles. The first-order valence-electron chi connectivity index (χ1n) is 6.29. The predicted octanol–water partition coefficient (Wildman–Crippen LogP) is 4.60. The summed E-state index contributed by atoms with van der Waals surface area (Å²) >= 11 is 5.48. The molecule has 0 unspecified atom stereocenters. The summed E-state index contributed by atoms with van der Waals surface area (Å²) in [6.45, 7) is 0. The molecule has 3 aromatic rings. The van der Waals surface area contributed by atoms with Crippen LogP contribution < -0.4 is 4.74 Å². The minimum Gasteiger partial charge on any atom is -0.497 e. The lowest BCUT2D eigenvalue weighted by Gasteiger charge is -2.04. The van der Waals surface area contributed by atoms with Crippen LogP contribution in [0.2, 0.25) is 0 Å². The van der Waals surface area contributed by atoms with Gasteiger partial charge in [0.05, 0.1) is 23.9 Å². The van der Waals surface area contributed by atoms with E-state index in [0.717, 1.165) is 32.1 Å². The zero-order valence-electron chi connectivity index (χ0n) is 11.3. The first-order valence-corrected chi connectivity index (χ1v) is 8.85. The van der Waals surface area contributed by atoms with E-state index in [9.17, 15) is 0 Å². The van der Waals surface area contributed by atoms with E-state index in [0.29, 0.717) is 0 Å². The van der Waals surface area contributed by atoms with Gasteiger partial charge in [-0.05, 0) is 17.7 Å². The van der Waals surface area contributed by atoms with E-state index in [2.05, 4.69) is 22.1 Å². The summed E-state index contributed by atoms with van der Waals surface area (Å²) in [7, 11) is 4.95. The number of benzene rings is 1. The van der Waals surface area contributed by atoms with Crippen molar-refractivity contribution in [1.82, 2.24) is 9.97 Å². The van der Waals surface area contributed by atoms with Crippen molar-refractivity contribution in [3.05, 3.63) is 57.8 Å². The fourth-order valence-corrected chi connectivity index (χ4v) is 4.83. The minimum atomic E-state index is 0.800. The van der Waals surface area contributed by atoms with Crippen LogP contribution in [0.5, 0.6) is 5.75 Å². The van der Waals surface area contributed by atoms with Gasteiger partial charge >= 0.3 is 0 Å². The quantitative estimate of drug-likeness (QED) is 0.517. The van der Waals surface area contributed by atoms with Crippen molar-refractivity contribution in [2.24, 2.45) is 0 Å². The fraction of sp³-hybridized carbons (Fsp3) is 0.133. The van der Waals surface area contributed by atoms with Crippen molar-refractivity contribution in [1.29, 1.82) is 0 Å². The fourth-order valence-electron chi connectivity index (χ4n) is 1.99. The van der Waals surface area contributed by atoms with Gasteiger partial charge in [-0.1, -0.05) is 45.0 Å². The van der Waals surface area contributed by atoms with Gasteiger partial charge in [-0.3, -0.25) is 9.97 Å². The SMILES string of the molecule is COc1ccc(Cc2c(-c3cnccn3)ssc2=S)cc1. The largest absolute Gasteiger partial charge is 0.497 e. The molecule has 3 rings (SSSR count). The molecule has 21 heavy (non-hydrogen) atoms. The molecule has 2 aromatic heterocycles. The van der Waals surface area contributed by atoms with Crippen LogP contribution in [0.1, 0.15) is 11.1 Å². The first-order chi connectivity index (χ1) is 10.3. The van der Waals surface area contributed by atoms with E-state index in [-0.39, 0.29) is 0 Å². The Bertz CT molecular complexity index is 779. The summed E-state index contributed by atoms with van der Waals surface area (Å²) in [5, 5.41) is 0. The number of hydrogen-bond acceptors (Lipinski definition) is 6. The zero-order valence-corrected chi connectivity index (χ0v) is 13.7. The second-order valence-corrected chi connectivity index (χ2v) is 7.19. The molecule has 0 amide bonds. The molecule has 0 N–H and O–H groups in total. The molecular formula is C15H12N2OS3. The van der Waals surface area contributed by atoms with E-state index >= 15 is 0 Å². The molecule has 0 saturated heterocycles. The second kappa shape index (κ2) is 6.43. The van der Waals surface area contributed by atoms with Crippen molar-refractivity contribution in [2.45, 2.75) is 6.42 Å². The molecular weight excluding hydrogens is 320 g/mol. The normalized spacial score (nSPS) is 10.5. The summed E-state index contributed by atoms with van der Waals surface area (Å²) < 4.78 is 6.11. The van der Waals surface area contributed by atoms with Crippen molar-refractivity contribution in [2.75, 3.05) is 7.11 Å². The average Bonchev–Trinajstić information content (AvgIpc) is 2.90. The van der Waals surface area contributed by atoms with Crippen molar-refractivity contribution >= 4 is 32.9 Å². The molecule has 0 fully saturated rings. The first kappa shape index (κ1) is 14.3. The van der Waals surface area contributed by atoms with Gasteiger partial charge in [0, 0.05) is 24.4 Å². The second-order valence-electron chi connectivity index (χ2n) is 4.38. The topological polar surface area (TPSA) is 35.0 Å². The molecule has 106 valence electrons. The van der Waals surface area contributed by atoms with E-state index in [4.69, 9.17) is 17.0 Å².